The number of hydrogen-bond donors (Lipinski definition) is 0. The number of allylic oxidation sites excluding steroid dienone is 4. The summed E-state index contributed by atoms with van der Waals surface area (Å²) >= 11 is 0. The van der Waals surface area contributed by atoms with E-state index in [1.165, 1.54) is 30.0 Å². The maximum Gasteiger partial charge on any atom is 0.229 e. The van der Waals surface area contributed by atoms with E-state index < -0.39 is 0 Å². The Morgan fingerprint density at radius 1 is 1.19 bits per heavy atom. The number of hydrogen-bond acceptors (Lipinski definition) is 4. The third kappa shape index (κ3) is 3.10. The van der Waals surface area contributed by atoms with Crippen molar-refractivity contribution in [1.29, 1.82) is 0 Å². The maximum atomic E-state index is 4.97. The first-order chi connectivity index (χ1) is 10.1. The van der Waals surface area contributed by atoms with Crippen molar-refractivity contribution in [3.63, 3.8) is 0 Å². The topological polar surface area (TPSA) is 31.2 Å². The van der Waals surface area contributed by atoms with Gasteiger partial charge in [0.2, 0.25) is 6.29 Å². The molecule has 21 heavy (non-hydrogen) atoms. The summed E-state index contributed by atoms with van der Waals surface area (Å²) in [4.78, 5) is 9.80. The molecule has 114 valence electrons. The Morgan fingerprint density at radius 2 is 1.95 bits per heavy atom. The van der Waals surface area contributed by atoms with Crippen molar-refractivity contribution in [2.75, 3.05) is 14.1 Å². The molecule has 0 N–H and O–H groups in total. The molecule has 2 unspecified atom stereocenters. The van der Waals surface area contributed by atoms with Crippen LogP contribution in [0.5, 0.6) is 0 Å². The van der Waals surface area contributed by atoms with Gasteiger partial charge in [-0.05, 0) is 38.2 Å². The van der Waals surface area contributed by atoms with Gasteiger partial charge >= 0.3 is 0 Å². The summed E-state index contributed by atoms with van der Waals surface area (Å²) in [5.74, 6) is 1.23. The van der Waals surface area contributed by atoms with Crippen LogP contribution in [0.3, 0.4) is 0 Å². The van der Waals surface area contributed by atoms with Crippen LogP contribution in [0.15, 0.2) is 33.9 Å². The first-order valence-corrected chi connectivity index (χ1v) is 7.99. The molecule has 1 saturated carbocycles. The minimum Gasteiger partial charge on any atom is -0.266 e. The Balaban J connectivity index is 1.91. The third-order valence-corrected chi connectivity index (χ3v) is 4.41. The van der Waals surface area contributed by atoms with E-state index in [1.54, 1.807) is 0 Å². The zero-order valence-electron chi connectivity index (χ0n) is 13.6. The summed E-state index contributed by atoms with van der Waals surface area (Å²) in [5, 5.41) is 4.38. The molecule has 4 nitrogen and oxygen atoms in total. The molecule has 0 aromatic rings. The molecule has 2 aliphatic carbocycles. The fraction of sp³-hybridized carbons (Fsp3) is 0.647. The molecular weight excluding hydrogens is 260 g/mol. The van der Waals surface area contributed by atoms with E-state index in [2.05, 4.69) is 56.2 Å². The molecule has 1 heterocycles. The largest absolute Gasteiger partial charge is 0.266 e. The van der Waals surface area contributed by atoms with Gasteiger partial charge in [-0.1, -0.05) is 19.1 Å². The Bertz CT molecular complexity index is 523. The second-order valence-electron chi connectivity index (χ2n) is 6.63. The molecule has 0 saturated heterocycles. The predicted octanol–water partition coefficient (Wildman–Crippen LogP) is 3.24. The molecule has 3 aliphatic rings. The van der Waals surface area contributed by atoms with Crippen LogP contribution in [0.1, 0.15) is 39.5 Å². The van der Waals surface area contributed by atoms with Crippen molar-refractivity contribution < 1.29 is 0 Å². The van der Waals surface area contributed by atoms with Gasteiger partial charge in [0.15, 0.2) is 0 Å². The Hall–Kier alpha value is -1.42. The summed E-state index contributed by atoms with van der Waals surface area (Å²) in [5.41, 5.74) is 3.88. The summed E-state index contributed by atoms with van der Waals surface area (Å²) in [6.07, 6.45) is 11.1. The van der Waals surface area contributed by atoms with Crippen LogP contribution < -0.4 is 0 Å². The van der Waals surface area contributed by atoms with Crippen LogP contribution in [0, 0.1) is 11.8 Å². The monoisotopic (exact) mass is 286 g/mol. The molecule has 0 amide bonds. The summed E-state index contributed by atoms with van der Waals surface area (Å²) in [6.45, 7) is 4.41. The molecule has 0 spiro atoms. The number of nitrogens with zero attached hydrogens (tertiary/aromatic N) is 4. The molecule has 3 rings (SSSR count). The molecule has 4 heteroatoms. The van der Waals surface area contributed by atoms with E-state index in [1.807, 2.05) is 0 Å². The van der Waals surface area contributed by atoms with Crippen LogP contribution in [0.4, 0.5) is 0 Å². The number of rotatable bonds is 4. The Morgan fingerprint density at radius 3 is 2.57 bits per heavy atom. The molecule has 1 aliphatic heterocycles. The Kier molecular flexibility index (Phi) is 3.98. The summed E-state index contributed by atoms with van der Waals surface area (Å²) in [7, 11) is 4.16. The van der Waals surface area contributed by atoms with Crippen molar-refractivity contribution in [2.45, 2.75) is 45.8 Å². The van der Waals surface area contributed by atoms with Crippen molar-refractivity contribution in [3.05, 3.63) is 23.9 Å². The highest BCUT2D eigenvalue weighted by Gasteiger charge is 2.33. The lowest BCUT2D eigenvalue weighted by molar-refractivity contribution is 0.0140. The maximum absolute atomic E-state index is 4.97. The highest BCUT2D eigenvalue weighted by Crippen LogP contribution is 2.35. The Labute approximate surface area is 127 Å². The van der Waals surface area contributed by atoms with E-state index in [0.717, 1.165) is 18.8 Å². The van der Waals surface area contributed by atoms with Crippen LogP contribution >= 0.6 is 0 Å². The smallest absolute Gasteiger partial charge is 0.229 e. The molecular formula is C17H26N4. The first kappa shape index (κ1) is 14.5. The SMILES string of the molecule is CC1=NC(N(C2=CC=CCC2C)N(C)C)N=C(C2CC2)C1. The second-order valence-corrected chi connectivity index (χ2v) is 6.63. The average Bonchev–Trinajstić information content (AvgIpc) is 3.24. The van der Waals surface area contributed by atoms with Crippen molar-refractivity contribution in [2.24, 2.45) is 21.8 Å². The van der Waals surface area contributed by atoms with Crippen LogP contribution in [-0.2, 0) is 0 Å². The lowest BCUT2D eigenvalue weighted by Crippen LogP contribution is -2.46. The first-order valence-electron chi connectivity index (χ1n) is 7.99. The highest BCUT2D eigenvalue weighted by atomic mass is 15.7. The van der Waals surface area contributed by atoms with Gasteiger partial charge in [-0.25, -0.2) is 15.0 Å². The fourth-order valence-corrected chi connectivity index (χ4v) is 3.11. The van der Waals surface area contributed by atoms with E-state index in [4.69, 9.17) is 9.98 Å². The number of hydrazine groups is 1. The van der Waals surface area contributed by atoms with E-state index >= 15 is 0 Å². The third-order valence-electron chi connectivity index (χ3n) is 4.41. The van der Waals surface area contributed by atoms with E-state index in [9.17, 15) is 0 Å². The standard InChI is InChI=1S/C17H26N4/c1-12-7-5-6-8-16(12)21(20(3)4)17-18-13(2)11-15(19-17)14-9-10-14/h5-6,8,12,14,17H,7,9-11H2,1-4H3. The minimum absolute atomic E-state index is 0.121. The second kappa shape index (κ2) is 5.76. The van der Waals surface area contributed by atoms with Gasteiger partial charge in [0.1, 0.15) is 0 Å². The van der Waals surface area contributed by atoms with E-state index in [0.29, 0.717) is 5.92 Å². The zero-order chi connectivity index (χ0) is 15.0. The lowest BCUT2D eigenvalue weighted by atomic mass is 9.98. The van der Waals surface area contributed by atoms with Crippen LogP contribution in [0.25, 0.3) is 0 Å². The molecule has 0 bridgehead atoms. The molecule has 1 fully saturated rings. The zero-order valence-corrected chi connectivity index (χ0v) is 13.6. The minimum atomic E-state index is -0.121. The summed E-state index contributed by atoms with van der Waals surface area (Å²) < 4.78 is 0. The fourth-order valence-electron chi connectivity index (χ4n) is 3.11. The van der Waals surface area contributed by atoms with Gasteiger partial charge in [0.25, 0.3) is 0 Å². The van der Waals surface area contributed by atoms with E-state index in [-0.39, 0.29) is 6.29 Å². The number of aliphatic imine (C=N–C) groups is 2. The quantitative estimate of drug-likeness (QED) is 0.743. The van der Waals surface area contributed by atoms with Gasteiger partial charge < -0.3 is 0 Å². The van der Waals surface area contributed by atoms with Gasteiger partial charge in [-0.3, -0.25) is 5.01 Å². The van der Waals surface area contributed by atoms with Crippen LogP contribution in [-0.4, -0.2) is 41.8 Å². The molecule has 0 radical (unpaired) electrons. The van der Waals surface area contributed by atoms with Gasteiger partial charge in [-0.2, -0.15) is 0 Å². The van der Waals surface area contributed by atoms with Crippen LogP contribution in [0.2, 0.25) is 0 Å². The van der Waals surface area contributed by atoms with Gasteiger partial charge in [0.05, 0.1) is 0 Å². The van der Waals surface area contributed by atoms with Crippen molar-refractivity contribution in [3.8, 4) is 0 Å². The molecule has 0 aromatic heterocycles. The average molecular weight is 286 g/mol. The summed E-state index contributed by atoms with van der Waals surface area (Å²) in [6, 6.07) is 0. The predicted molar refractivity (Wildman–Crippen MR) is 88.2 cm³/mol. The van der Waals surface area contributed by atoms with Gasteiger partial charge in [0, 0.05) is 43.6 Å². The van der Waals surface area contributed by atoms with Crippen molar-refractivity contribution in [1.82, 2.24) is 10.0 Å². The van der Waals surface area contributed by atoms with Gasteiger partial charge in [-0.15, -0.1) is 0 Å². The van der Waals surface area contributed by atoms with Crippen molar-refractivity contribution >= 4 is 11.4 Å². The normalized spacial score (nSPS) is 29.1. The molecule has 2 atom stereocenters. The molecule has 0 aromatic carbocycles. The highest BCUT2D eigenvalue weighted by molar-refractivity contribution is 6.06. The lowest BCUT2D eigenvalue weighted by Gasteiger charge is -2.40.